The maximum absolute atomic E-state index is 6.09. The van der Waals surface area contributed by atoms with Crippen LogP contribution in [0.3, 0.4) is 0 Å². The predicted octanol–water partition coefficient (Wildman–Crippen LogP) is 7.84. The minimum Gasteiger partial charge on any atom is -0.492 e. The number of halogens is 3. The second kappa shape index (κ2) is 15.9. The number of unbranched alkanes of at least 4 members (excludes halogenated alkanes) is 4. The lowest BCUT2D eigenvalue weighted by Crippen LogP contribution is -2.03. The Hall–Kier alpha value is -0.910. The molecule has 0 aliphatic carbocycles. The summed E-state index contributed by atoms with van der Waals surface area (Å²) in [7, 11) is 0. The predicted molar refractivity (Wildman–Crippen MR) is 127 cm³/mol. The van der Waals surface area contributed by atoms with Gasteiger partial charge in [0.05, 0.1) is 16.8 Å². The summed E-state index contributed by atoms with van der Waals surface area (Å²) >= 11 is 14.9. The van der Waals surface area contributed by atoms with E-state index in [4.69, 9.17) is 37.5 Å². The van der Waals surface area contributed by atoms with Crippen LogP contribution in [0.4, 0.5) is 0 Å². The standard InChI is InChI=1S/C22H32BrCl2NO3/c1-4-10-18-15-19(27-14-11-21(24)25)16-20(23)22(18)28-12-8-6-5-7-9-13-29-26-17(2)3/h11,15-16H,4-10,12-14H2,1-3H3. The molecular weight excluding hydrogens is 477 g/mol. The Balaban J connectivity index is 2.40. The van der Waals surface area contributed by atoms with Gasteiger partial charge in [0.25, 0.3) is 0 Å². The number of benzene rings is 1. The van der Waals surface area contributed by atoms with E-state index in [1.54, 1.807) is 6.08 Å². The summed E-state index contributed by atoms with van der Waals surface area (Å²) in [6.07, 6.45) is 9.11. The van der Waals surface area contributed by atoms with Gasteiger partial charge in [-0.3, -0.25) is 0 Å². The van der Waals surface area contributed by atoms with Gasteiger partial charge >= 0.3 is 0 Å². The highest BCUT2D eigenvalue weighted by atomic mass is 79.9. The number of hydrogen-bond acceptors (Lipinski definition) is 4. The summed E-state index contributed by atoms with van der Waals surface area (Å²) in [4.78, 5) is 5.21. The highest BCUT2D eigenvalue weighted by Crippen LogP contribution is 2.35. The fourth-order valence-electron chi connectivity index (χ4n) is 2.67. The first kappa shape index (κ1) is 26.1. The molecule has 0 spiro atoms. The average Bonchev–Trinajstić information content (AvgIpc) is 2.64. The maximum Gasteiger partial charge on any atom is 0.136 e. The van der Waals surface area contributed by atoms with Crippen molar-refractivity contribution in [3.63, 3.8) is 0 Å². The third kappa shape index (κ3) is 12.4. The number of hydrogen-bond donors (Lipinski definition) is 0. The van der Waals surface area contributed by atoms with Crippen LogP contribution in [0.15, 0.2) is 32.3 Å². The van der Waals surface area contributed by atoms with Crippen molar-refractivity contribution in [1.82, 2.24) is 0 Å². The van der Waals surface area contributed by atoms with Crippen LogP contribution in [0.5, 0.6) is 11.5 Å². The zero-order chi connectivity index (χ0) is 21.5. The Kier molecular flexibility index (Phi) is 14.3. The molecule has 0 N–H and O–H groups in total. The van der Waals surface area contributed by atoms with E-state index in [1.165, 1.54) is 6.42 Å². The molecule has 0 aliphatic rings. The Morgan fingerprint density at radius 2 is 1.72 bits per heavy atom. The molecule has 0 bridgehead atoms. The van der Waals surface area contributed by atoms with Crippen LogP contribution in [0.1, 0.15) is 64.9 Å². The van der Waals surface area contributed by atoms with Gasteiger partial charge in [0.15, 0.2) is 0 Å². The molecule has 164 valence electrons. The summed E-state index contributed by atoms with van der Waals surface area (Å²) in [6, 6.07) is 3.95. The van der Waals surface area contributed by atoms with Gasteiger partial charge in [0.2, 0.25) is 0 Å². The zero-order valence-electron chi connectivity index (χ0n) is 17.6. The molecule has 0 saturated carbocycles. The Labute approximate surface area is 193 Å². The lowest BCUT2D eigenvalue weighted by Gasteiger charge is -2.15. The summed E-state index contributed by atoms with van der Waals surface area (Å²) in [5.74, 6) is 1.68. The molecule has 7 heteroatoms. The molecule has 4 nitrogen and oxygen atoms in total. The van der Waals surface area contributed by atoms with E-state index < -0.39 is 0 Å². The van der Waals surface area contributed by atoms with Crippen molar-refractivity contribution in [1.29, 1.82) is 0 Å². The van der Waals surface area contributed by atoms with Gasteiger partial charge in [0, 0.05) is 0 Å². The molecule has 0 aromatic heterocycles. The smallest absolute Gasteiger partial charge is 0.136 e. The maximum atomic E-state index is 6.09. The van der Waals surface area contributed by atoms with Crippen LogP contribution >= 0.6 is 39.1 Å². The van der Waals surface area contributed by atoms with Gasteiger partial charge in [0.1, 0.15) is 29.2 Å². The molecule has 1 rings (SSSR count). The molecule has 0 amide bonds. The largest absolute Gasteiger partial charge is 0.492 e. The van der Waals surface area contributed by atoms with Gasteiger partial charge in [-0.2, -0.15) is 0 Å². The third-order valence-electron chi connectivity index (χ3n) is 3.97. The van der Waals surface area contributed by atoms with Crippen LogP contribution in [0.25, 0.3) is 0 Å². The quantitative estimate of drug-likeness (QED) is 0.137. The topological polar surface area (TPSA) is 40.0 Å². The zero-order valence-corrected chi connectivity index (χ0v) is 20.7. The van der Waals surface area contributed by atoms with Crippen molar-refractivity contribution in [2.24, 2.45) is 5.16 Å². The van der Waals surface area contributed by atoms with Crippen molar-refractivity contribution in [2.45, 2.75) is 65.7 Å². The average molecular weight is 509 g/mol. The number of rotatable bonds is 15. The number of aryl methyl sites for hydroxylation is 1. The lowest BCUT2D eigenvalue weighted by atomic mass is 10.1. The molecule has 0 unspecified atom stereocenters. The minimum atomic E-state index is 0.204. The lowest BCUT2D eigenvalue weighted by molar-refractivity contribution is 0.139. The first-order valence-electron chi connectivity index (χ1n) is 10.2. The molecule has 0 aliphatic heterocycles. The van der Waals surface area contributed by atoms with Crippen LogP contribution in [0.2, 0.25) is 0 Å². The molecule has 0 heterocycles. The van der Waals surface area contributed by atoms with Crippen molar-refractivity contribution in [3.05, 3.63) is 32.7 Å². The first-order chi connectivity index (χ1) is 13.9. The summed E-state index contributed by atoms with van der Waals surface area (Å²) < 4.78 is 12.9. The molecule has 29 heavy (non-hydrogen) atoms. The van der Waals surface area contributed by atoms with E-state index in [-0.39, 0.29) is 4.49 Å². The Morgan fingerprint density at radius 1 is 1.03 bits per heavy atom. The Morgan fingerprint density at radius 3 is 2.38 bits per heavy atom. The van der Waals surface area contributed by atoms with Crippen LogP contribution in [-0.2, 0) is 11.3 Å². The van der Waals surface area contributed by atoms with E-state index in [0.29, 0.717) is 19.8 Å². The van der Waals surface area contributed by atoms with E-state index >= 15 is 0 Å². The van der Waals surface area contributed by atoms with Crippen molar-refractivity contribution >= 4 is 44.8 Å². The van der Waals surface area contributed by atoms with Crippen molar-refractivity contribution in [3.8, 4) is 11.5 Å². The normalized spacial score (nSPS) is 10.4. The van der Waals surface area contributed by atoms with Gasteiger partial charge in [-0.1, -0.05) is 54.5 Å². The van der Waals surface area contributed by atoms with Crippen LogP contribution < -0.4 is 9.47 Å². The molecular formula is C22H32BrCl2NO3. The molecule has 0 saturated heterocycles. The van der Waals surface area contributed by atoms with Gasteiger partial charge in [-0.05, 0) is 79.2 Å². The number of ether oxygens (including phenoxy) is 2. The SMILES string of the molecule is CCCc1cc(OCC=C(Cl)Cl)cc(Br)c1OCCCCCCCON=C(C)C. The summed E-state index contributed by atoms with van der Waals surface area (Å²) in [5, 5.41) is 3.94. The van der Waals surface area contributed by atoms with Gasteiger partial charge < -0.3 is 14.3 Å². The van der Waals surface area contributed by atoms with E-state index in [9.17, 15) is 0 Å². The number of nitrogens with zero attached hydrogens (tertiary/aromatic N) is 1. The molecule has 0 fully saturated rings. The second-order valence-corrected chi connectivity index (χ2v) is 8.80. The minimum absolute atomic E-state index is 0.204. The second-order valence-electron chi connectivity index (χ2n) is 6.94. The van der Waals surface area contributed by atoms with Crippen LogP contribution in [0, 0.1) is 0 Å². The first-order valence-corrected chi connectivity index (χ1v) is 11.7. The summed E-state index contributed by atoms with van der Waals surface area (Å²) in [6.45, 7) is 7.74. The highest BCUT2D eigenvalue weighted by molar-refractivity contribution is 9.10. The molecule has 1 aromatic carbocycles. The van der Waals surface area contributed by atoms with E-state index in [0.717, 1.165) is 65.8 Å². The molecule has 0 radical (unpaired) electrons. The van der Waals surface area contributed by atoms with E-state index in [2.05, 4.69) is 28.0 Å². The van der Waals surface area contributed by atoms with Crippen molar-refractivity contribution in [2.75, 3.05) is 19.8 Å². The van der Waals surface area contributed by atoms with Crippen molar-refractivity contribution < 1.29 is 14.3 Å². The molecule has 0 atom stereocenters. The number of oxime groups is 1. The van der Waals surface area contributed by atoms with Crippen LogP contribution in [-0.4, -0.2) is 25.5 Å². The monoisotopic (exact) mass is 507 g/mol. The molecule has 1 aromatic rings. The Bertz CT molecular complexity index is 658. The summed E-state index contributed by atoms with van der Waals surface area (Å²) in [5.41, 5.74) is 2.09. The fraction of sp³-hybridized carbons (Fsp3) is 0.591. The highest BCUT2D eigenvalue weighted by Gasteiger charge is 2.11. The fourth-order valence-corrected chi connectivity index (χ4v) is 3.39. The third-order valence-corrected chi connectivity index (χ3v) is 4.87. The van der Waals surface area contributed by atoms with Gasteiger partial charge in [-0.15, -0.1) is 0 Å². The van der Waals surface area contributed by atoms with E-state index in [1.807, 2.05) is 26.0 Å². The van der Waals surface area contributed by atoms with Gasteiger partial charge in [-0.25, -0.2) is 0 Å².